The summed E-state index contributed by atoms with van der Waals surface area (Å²) in [4.78, 5) is 22.6. The average Bonchev–Trinajstić information content (AvgIpc) is 2.31. The summed E-state index contributed by atoms with van der Waals surface area (Å²) in [5.41, 5.74) is 0. The molecule has 92 valence electrons. The average molecular weight is 245 g/mol. The van der Waals surface area contributed by atoms with Crippen molar-refractivity contribution >= 4 is 23.6 Å². The highest BCUT2D eigenvalue weighted by atomic mass is 32.2. The fourth-order valence-corrected chi connectivity index (χ4v) is 1.90. The van der Waals surface area contributed by atoms with Crippen LogP contribution in [0.1, 0.15) is 13.8 Å². The van der Waals surface area contributed by atoms with Crippen LogP contribution in [-0.2, 0) is 14.3 Å². The predicted molar refractivity (Wildman–Crippen MR) is 66.3 cm³/mol. The van der Waals surface area contributed by atoms with Gasteiger partial charge in [-0.15, -0.1) is 18.3 Å². The van der Waals surface area contributed by atoms with Crippen LogP contribution >= 0.6 is 11.8 Å². The van der Waals surface area contributed by atoms with Gasteiger partial charge in [-0.05, 0) is 6.92 Å². The standard InChI is InChI=1S/C11H19NO3S/c1-5-6-12-10(13)9(3)16-7-8(2)11(14)15-4/h5,8-9H,1,6-7H2,2-4H3,(H,12,13). The molecule has 1 N–H and O–H groups in total. The first-order valence-corrected chi connectivity index (χ1v) is 6.15. The minimum Gasteiger partial charge on any atom is -0.469 e. The molecular formula is C11H19NO3S. The lowest BCUT2D eigenvalue weighted by Gasteiger charge is -2.13. The zero-order chi connectivity index (χ0) is 12.6. The molecule has 0 heterocycles. The van der Waals surface area contributed by atoms with Crippen LogP contribution in [-0.4, -0.2) is 36.5 Å². The summed E-state index contributed by atoms with van der Waals surface area (Å²) in [6.07, 6.45) is 1.63. The number of carbonyl (C=O) groups is 2. The summed E-state index contributed by atoms with van der Waals surface area (Å²) >= 11 is 1.44. The van der Waals surface area contributed by atoms with Crippen LogP contribution in [0.5, 0.6) is 0 Å². The molecular weight excluding hydrogens is 226 g/mol. The van der Waals surface area contributed by atoms with Crippen molar-refractivity contribution < 1.29 is 14.3 Å². The van der Waals surface area contributed by atoms with Crippen molar-refractivity contribution in [2.75, 3.05) is 19.4 Å². The molecule has 0 aromatic heterocycles. The third kappa shape index (κ3) is 5.80. The fourth-order valence-electron chi connectivity index (χ4n) is 0.950. The maximum absolute atomic E-state index is 11.5. The first-order chi connectivity index (χ1) is 7.52. The molecule has 0 saturated heterocycles. The van der Waals surface area contributed by atoms with E-state index in [1.54, 1.807) is 13.0 Å². The van der Waals surface area contributed by atoms with Gasteiger partial charge in [-0.2, -0.15) is 0 Å². The van der Waals surface area contributed by atoms with Crippen molar-refractivity contribution in [1.29, 1.82) is 0 Å². The number of hydrogen-bond donors (Lipinski definition) is 1. The van der Waals surface area contributed by atoms with Crippen molar-refractivity contribution in [2.24, 2.45) is 5.92 Å². The van der Waals surface area contributed by atoms with Crippen LogP contribution in [0.4, 0.5) is 0 Å². The Hall–Kier alpha value is -0.970. The van der Waals surface area contributed by atoms with Crippen LogP contribution in [0.15, 0.2) is 12.7 Å². The van der Waals surface area contributed by atoms with Gasteiger partial charge in [0.15, 0.2) is 0 Å². The van der Waals surface area contributed by atoms with Crippen molar-refractivity contribution in [1.82, 2.24) is 5.32 Å². The van der Waals surface area contributed by atoms with E-state index in [0.717, 1.165) is 0 Å². The molecule has 0 saturated carbocycles. The SMILES string of the molecule is C=CCNC(=O)C(C)SCC(C)C(=O)OC. The molecule has 0 aliphatic heterocycles. The number of thioether (sulfide) groups is 1. The molecule has 0 radical (unpaired) electrons. The van der Waals surface area contributed by atoms with E-state index in [-0.39, 0.29) is 23.0 Å². The molecule has 0 rings (SSSR count). The van der Waals surface area contributed by atoms with E-state index in [1.165, 1.54) is 18.9 Å². The summed E-state index contributed by atoms with van der Waals surface area (Å²) in [7, 11) is 1.36. The second-order valence-electron chi connectivity index (χ2n) is 3.43. The molecule has 16 heavy (non-hydrogen) atoms. The Kier molecular flexibility index (Phi) is 7.72. The van der Waals surface area contributed by atoms with Gasteiger partial charge in [0.05, 0.1) is 18.3 Å². The first-order valence-electron chi connectivity index (χ1n) is 5.11. The zero-order valence-corrected chi connectivity index (χ0v) is 10.8. The molecule has 2 atom stereocenters. The van der Waals surface area contributed by atoms with E-state index in [1.807, 2.05) is 6.92 Å². The fraction of sp³-hybridized carbons (Fsp3) is 0.636. The van der Waals surface area contributed by atoms with Gasteiger partial charge in [-0.1, -0.05) is 13.0 Å². The Morgan fingerprint density at radius 3 is 2.62 bits per heavy atom. The number of amides is 1. The highest BCUT2D eigenvalue weighted by molar-refractivity contribution is 8.00. The monoisotopic (exact) mass is 245 g/mol. The molecule has 1 amide bonds. The molecule has 0 bridgehead atoms. The van der Waals surface area contributed by atoms with Gasteiger partial charge >= 0.3 is 5.97 Å². The lowest BCUT2D eigenvalue weighted by Crippen LogP contribution is -2.31. The molecule has 2 unspecified atom stereocenters. The minimum atomic E-state index is -0.244. The second kappa shape index (κ2) is 8.21. The topological polar surface area (TPSA) is 55.4 Å². The van der Waals surface area contributed by atoms with Gasteiger partial charge in [-0.3, -0.25) is 9.59 Å². The van der Waals surface area contributed by atoms with E-state index >= 15 is 0 Å². The smallest absolute Gasteiger partial charge is 0.309 e. The van der Waals surface area contributed by atoms with Gasteiger partial charge in [0.1, 0.15) is 0 Å². The number of nitrogens with one attached hydrogen (secondary N) is 1. The van der Waals surface area contributed by atoms with Gasteiger partial charge in [0, 0.05) is 12.3 Å². The molecule has 0 aliphatic rings. The van der Waals surface area contributed by atoms with E-state index in [0.29, 0.717) is 12.3 Å². The molecule has 0 aromatic rings. The quantitative estimate of drug-likeness (QED) is 0.541. The third-order valence-corrected chi connectivity index (χ3v) is 3.40. The van der Waals surface area contributed by atoms with Crippen LogP contribution in [0.2, 0.25) is 0 Å². The zero-order valence-electron chi connectivity index (χ0n) is 9.99. The Morgan fingerprint density at radius 2 is 2.12 bits per heavy atom. The number of carbonyl (C=O) groups excluding carboxylic acids is 2. The number of rotatable bonds is 7. The number of methoxy groups -OCH3 is 1. The van der Waals surface area contributed by atoms with Crippen molar-refractivity contribution in [2.45, 2.75) is 19.1 Å². The largest absolute Gasteiger partial charge is 0.469 e. The Labute approximate surface area is 101 Å². The van der Waals surface area contributed by atoms with Crippen LogP contribution in [0.3, 0.4) is 0 Å². The lowest BCUT2D eigenvalue weighted by atomic mass is 10.2. The minimum absolute atomic E-state index is 0.0398. The normalized spacial score (nSPS) is 13.7. The van der Waals surface area contributed by atoms with Gasteiger partial charge < -0.3 is 10.1 Å². The maximum Gasteiger partial charge on any atom is 0.309 e. The van der Waals surface area contributed by atoms with E-state index in [9.17, 15) is 9.59 Å². The van der Waals surface area contributed by atoms with Gasteiger partial charge in [-0.25, -0.2) is 0 Å². The van der Waals surface area contributed by atoms with Crippen LogP contribution < -0.4 is 5.32 Å². The van der Waals surface area contributed by atoms with Gasteiger partial charge in [0.2, 0.25) is 5.91 Å². The van der Waals surface area contributed by atoms with Gasteiger partial charge in [0.25, 0.3) is 0 Å². The van der Waals surface area contributed by atoms with Crippen molar-refractivity contribution in [3.05, 3.63) is 12.7 Å². The van der Waals surface area contributed by atoms with Crippen LogP contribution in [0.25, 0.3) is 0 Å². The van der Waals surface area contributed by atoms with E-state index < -0.39 is 0 Å². The molecule has 5 heteroatoms. The number of hydrogen-bond acceptors (Lipinski definition) is 4. The third-order valence-electron chi connectivity index (χ3n) is 1.99. The summed E-state index contributed by atoms with van der Waals surface area (Å²) in [5, 5.41) is 2.53. The summed E-state index contributed by atoms with van der Waals surface area (Å²) in [6, 6.07) is 0. The lowest BCUT2D eigenvalue weighted by molar-refractivity contribution is -0.144. The Balaban J connectivity index is 3.87. The molecule has 0 fully saturated rings. The molecule has 4 nitrogen and oxygen atoms in total. The first kappa shape index (κ1) is 15.0. The Bertz CT molecular complexity index is 256. The second-order valence-corrected chi connectivity index (χ2v) is 4.81. The maximum atomic E-state index is 11.5. The highest BCUT2D eigenvalue weighted by Crippen LogP contribution is 2.15. The summed E-state index contributed by atoms with van der Waals surface area (Å²) in [5.74, 6) is 0.104. The van der Waals surface area contributed by atoms with E-state index in [4.69, 9.17) is 0 Å². The van der Waals surface area contributed by atoms with Crippen LogP contribution in [0, 0.1) is 5.92 Å². The Morgan fingerprint density at radius 1 is 1.50 bits per heavy atom. The molecule has 0 aliphatic carbocycles. The van der Waals surface area contributed by atoms with E-state index in [2.05, 4.69) is 16.6 Å². The highest BCUT2D eigenvalue weighted by Gasteiger charge is 2.18. The number of esters is 1. The molecule has 0 aromatic carbocycles. The number of ether oxygens (including phenoxy) is 1. The van der Waals surface area contributed by atoms with Crippen molar-refractivity contribution in [3.63, 3.8) is 0 Å². The summed E-state index contributed by atoms with van der Waals surface area (Å²) < 4.78 is 4.60. The van der Waals surface area contributed by atoms with Crippen molar-refractivity contribution in [3.8, 4) is 0 Å². The predicted octanol–water partition coefficient (Wildman–Crippen LogP) is 1.22. The summed E-state index contributed by atoms with van der Waals surface area (Å²) in [6.45, 7) is 7.58. The molecule has 0 spiro atoms.